The van der Waals surface area contributed by atoms with Crippen molar-refractivity contribution in [2.24, 2.45) is 17.8 Å². The van der Waals surface area contributed by atoms with E-state index in [1.807, 2.05) is 0 Å². The third kappa shape index (κ3) is 9.15. The van der Waals surface area contributed by atoms with Crippen LogP contribution in [0, 0.1) is 38.5 Å². The monoisotopic (exact) mass is 546 g/mol. The predicted octanol–water partition coefficient (Wildman–Crippen LogP) is 11.3. The minimum atomic E-state index is -0.0959. The van der Waals surface area contributed by atoms with Crippen LogP contribution in [0.3, 0.4) is 0 Å². The average molecular weight is 547 g/mol. The molecule has 2 aromatic carbocycles. The average Bonchev–Trinajstić information content (AvgIpc) is 2.90. The molecule has 0 radical (unpaired) electrons. The fourth-order valence-electron chi connectivity index (χ4n) is 6.38. The summed E-state index contributed by atoms with van der Waals surface area (Å²) in [5.41, 5.74) is 7.27. The maximum atomic E-state index is 6.90. The molecule has 3 unspecified atom stereocenters. The molecule has 2 aromatic rings. The van der Waals surface area contributed by atoms with Gasteiger partial charge in [-0.15, -0.1) is 0 Å². The van der Waals surface area contributed by atoms with Crippen LogP contribution in [-0.4, -0.2) is 12.7 Å². The fourth-order valence-corrected chi connectivity index (χ4v) is 6.38. The van der Waals surface area contributed by atoms with Gasteiger partial charge in [0.05, 0.1) is 7.11 Å². The van der Waals surface area contributed by atoms with Crippen molar-refractivity contribution in [1.82, 2.24) is 0 Å². The molecule has 1 heterocycles. The normalized spacial score (nSPS) is 18.6. The highest BCUT2D eigenvalue weighted by molar-refractivity contribution is 5.78. The highest BCUT2D eigenvalue weighted by atomic mass is 16.5. The topological polar surface area (TPSA) is 18.5 Å². The van der Waals surface area contributed by atoms with E-state index in [4.69, 9.17) is 9.47 Å². The molecule has 0 fully saturated rings. The third-order valence-electron chi connectivity index (χ3n) is 9.34. The summed E-state index contributed by atoms with van der Waals surface area (Å²) in [6.45, 7) is 18.4. The second-order valence-electron chi connectivity index (χ2n) is 13.7. The molecule has 0 bridgehead atoms. The molecule has 3 atom stereocenters. The fraction of sp³-hybridized carbons (Fsp3) is 0.632. The van der Waals surface area contributed by atoms with Crippen molar-refractivity contribution in [3.63, 3.8) is 0 Å². The summed E-state index contributed by atoms with van der Waals surface area (Å²) in [6, 6.07) is 8.68. The van der Waals surface area contributed by atoms with Crippen LogP contribution in [0.15, 0.2) is 24.3 Å². The van der Waals surface area contributed by atoms with Crippen molar-refractivity contribution in [2.45, 2.75) is 132 Å². The number of hydrogen-bond donors (Lipinski definition) is 0. The smallest absolute Gasteiger partial charge is 0.129 e. The SMILES string of the molecule is COc1c(C)c(C)c2c(c1/C=C/c1ccc(C)cc1)CCC(C)(CCCC(C)CCCC(C)CCCC(C)C)O2. The zero-order valence-corrected chi connectivity index (χ0v) is 27.3. The van der Waals surface area contributed by atoms with E-state index < -0.39 is 0 Å². The van der Waals surface area contributed by atoms with Crippen LogP contribution in [0.25, 0.3) is 12.2 Å². The first-order valence-electron chi connectivity index (χ1n) is 16.2. The zero-order chi connectivity index (χ0) is 29.3. The summed E-state index contributed by atoms with van der Waals surface area (Å²) in [6.07, 6.45) is 18.5. The van der Waals surface area contributed by atoms with Gasteiger partial charge in [-0.3, -0.25) is 0 Å². The van der Waals surface area contributed by atoms with Gasteiger partial charge in [0.2, 0.25) is 0 Å². The number of ether oxygens (including phenoxy) is 2. The molecule has 0 N–H and O–H groups in total. The van der Waals surface area contributed by atoms with E-state index in [1.54, 1.807) is 7.11 Å². The lowest BCUT2D eigenvalue weighted by molar-refractivity contribution is 0.0513. The molecule has 0 amide bonds. The molecule has 1 aliphatic heterocycles. The summed E-state index contributed by atoms with van der Waals surface area (Å²) in [5.74, 6) is 4.59. The lowest BCUT2D eigenvalue weighted by Crippen LogP contribution is -2.37. The molecule has 0 aliphatic carbocycles. The van der Waals surface area contributed by atoms with E-state index >= 15 is 0 Å². The van der Waals surface area contributed by atoms with E-state index in [-0.39, 0.29) is 5.60 Å². The summed E-state index contributed by atoms with van der Waals surface area (Å²) >= 11 is 0. The highest BCUT2D eigenvalue weighted by Gasteiger charge is 2.34. The van der Waals surface area contributed by atoms with Crippen LogP contribution >= 0.6 is 0 Å². The quantitative estimate of drug-likeness (QED) is 0.207. The number of rotatable bonds is 15. The molecule has 1 aliphatic rings. The molecule has 0 saturated heterocycles. The number of methoxy groups -OCH3 is 1. The van der Waals surface area contributed by atoms with Crippen LogP contribution in [0.5, 0.6) is 11.5 Å². The first-order chi connectivity index (χ1) is 19.0. The van der Waals surface area contributed by atoms with Crippen molar-refractivity contribution in [1.29, 1.82) is 0 Å². The van der Waals surface area contributed by atoms with E-state index in [0.717, 1.165) is 48.5 Å². The first-order valence-corrected chi connectivity index (χ1v) is 16.2. The minimum Gasteiger partial charge on any atom is -0.496 e. The molecule has 3 rings (SSSR count). The first kappa shape index (κ1) is 32.3. The Hall–Kier alpha value is -2.22. The summed E-state index contributed by atoms with van der Waals surface area (Å²) in [4.78, 5) is 0. The van der Waals surface area contributed by atoms with E-state index in [2.05, 4.69) is 91.8 Å². The molecular weight excluding hydrogens is 488 g/mol. The van der Waals surface area contributed by atoms with Crippen molar-refractivity contribution < 1.29 is 9.47 Å². The summed E-state index contributed by atoms with van der Waals surface area (Å²) in [5, 5.41) is 0. The van der Waals surface area contributed by atoms with E-state index in [1.165, 1.54) is 84.7 Å². The summed E-state index contributed by atoms with van der Waals surface area (Å²) in [7, 11) is 1.79. The standard InChI is InChI=1S/C38H58O2/c1-27(2)13-10-14-28(3)15-11-16-29(4)17-12-25-38(8)26-24-35-34(23-22-33-20-18-30(5)19-21-33)36(39-9)31(6)32(7)37(35)40-38/h18-23,27-29H,10-17,24-26H2,1-9H3/b23-22+. The van der Waals surface area contributed by atoms with Gasteiger partial charge in [0.25, 0.3) is 0 Å². The van der Waals surface area contributed by atoms with Crippen molar-refractivity contribution >= 4 is 12.2 Å². The van der Waals surface area contributed by atoms with Crippen LogP contribution in [0.1, 0.15) is 132 Å². The van der Waals surface area contributed by atoms with Crippen molar-refractivity contribution in [3.8, 4) is 11.5 Å². The van der Waals surface area contributed by atoms with Gasteiger partial charge in [-0.25, -0.2) is 0 Å². The Labute approximate surface area is 247 Å². The Bertz CT molecular complexity index is 1090. The van der Waals surface area contributed by atoms with Gasteiger partial charge in [0.15, 0.2) is 0 Å². The molecule has 2 heteroatoms. The molecule has 0 spiro atoms. The van der Waals surface area contributed by atoms with E-state index in [0.29, 0.717) is 0 Å². The molecule has 0 aromatic heterocycles. The molecule has 0 saturated carbocycles. The van der Waals surface area contributed by atoms with Gasteiger partial charge >= 0.3 is 0 Å². The number of aryl methyl sites for hydroxylation is 1. The van der Waals surface area contributed by atoms with Crippen molar-refractivity contribution in [2.75, 3.05) is 7.11 Å². The second kappa shape index (κ2) is 15.1. The zero-order valence-electron chi connectivity index (χ0n) is 27.3. The van der Waals surface area contributed by atoms with Gasteiger partial charge in [0.1, 0.15) is 17.1 Å². The minimum absolute atomic E-state index is 0.0959. The summed E-state index contributed by atoms with van der Waals surface area (Å²) < 4.78 is 12.8. The molecule has 222 valence electrons. The van der Waals surface area contributed by atoms with E-state index in [9.17, 15) is 0 Å². The Morgan fingerprint density at radius 1 is 0.825 bits per heavy atom. The maximum absolute atomic E-state index is 6.90. The lowest BCUT2D eigenvalue weighted by Gasteiger charge is -2.38. The maximum Gasteiger partial charge on any atom is 0.129 e. The third-order valence-corrected chi connectivity index (χ3v) is 9.34. The van der Waals surface area contributed by atoms with Gasteiger partial charge < -0.3 is 9.47 Å². The van der Waals surface area contributed by atoms with Gasteiger partial charge in [-0.05, 0) is 87.8 Å². The van der Waals surface area contributed by atoms with Crippen LogP contribution in [-0.2, 0) is 6.42 Å². The second-order valence-corrected chi connectivity index (χ2v) is 13.7. The van der Waals surface area contributed by atoms with Crippen molar-refractivity contribution in [3.05, 3.63) is 57.6 Å². The Kier molecular flexibility index (Phi) is 12.2. The molecular formula is C38H58O2. The van der Waals surface area contributed by atoms with Gasteiger partial charge in [-0.1, -0.05) is 115 Å². The van der Waals surface area contributed by atoms with Gasteiger partial charge in [0, 0.05) is 11.1 Å². The van der Waals surface area contributed by atoms with Crippen LogP contribution < -0.4 is 9.47 Å². The van der Waals surface area contributed by atoms with Crippen LogP contribution in [0.2, 0.25) is 0 Å². The van der Waals surface area contributed by atoms with Crippen LogP contribution in [0.4, 0.5) is 0 Å². The Morgan fingerprint density at radius 2 is 1.43 bits per heavy atom. The molecule has 2 nitrogen and oxygen atoms in total. The number of fused-ring (bicyclic) bond motifs is 1. The lowest BCUT2D eigenvalue weighted by atomic mass is 9.83. The molecule has 40 heavy (non-hydrogen) atoms. The number of hydrogen-bond acceptors (Lipinski definition) is 2. The number of benzene rings is 2. The highest BCUT2D eigenvalue weighted by Crippen LogP contribution is 2.46. The Balaban J connectivity index is 1.58. The largest absolute Gasteiger partial charge is 0.496 e. The predicted molar refractivity (Wildman–Crippen MR) is 175 cm³/mol. The Morgan fingerprint density at radius 3 is 2.02 bits per heavy atom. The van der Waals surface area contributed by atoms with Gasteiger partial charge in [-0.2, -0.15) is 0 Å².